The molecule has 0 amide bonds. The smallest absolute Gasteiger partial charge is 0.317 e. The third-order valence-electron chi connectivity index (χ3n) is 4.34. The van der Waals surface area contributed by atoms with Gasteiger partial charge >= 0.3 is 5.97 Å². The summed E-state index contributed by atoms with van der Waals surface area (Å²) in [6.07, 6.45) is 11.1. The van der Waals surface area contributed by atoms with Gasteiger partial charge in [0.1, 0.15) is 0 Å². The number of rotatable bonds is 17. The Labute approximate surface area is 147 Å². The molecule has 0 aliphatic carbocycles. The van der Waals surface area contributed by atoms with Crippen molar-refractivity contribution in [1.82, 2.24) is 4.90 Å². The Morgan fingerprint density at radius 1 is 1.04 bits per heavy atom. The maximum atomic E-state index is 10.8. The number of carboxylic acids is 1. The van der Waals surface area contributed by atoms with Crippen LogP contribution in [0.3, 0.4) is 0 Å². The molecule has 0 saturated heterocycles. The molecule has 0 bridgehead atoms. The van der Waals surface area contributed by atoms with Gasteiger partial charge in [0.2, 0.25) is 0 Å². The van der Waals surface area contributed by atoms with E-state index in [4.69, 9.17) is 15.9 Å². The number of aliphatic hydroxyl groups excluding tert-OH is 2. The van der Waals surface area contributed by atoms with E-state index < -0.39 is 18.1 Å². The first kappa shape index (κ1) is 23.3. The molecule has 0 spiro atoms. The summed E-state index contributed by atoms with van der Waals surface area (Å²) < 4.78 is 0. The van der Waals surface area contributed by atoms with Crippen LogP contribution in [0.5, 0.6) is 0 Å². The van der Waals surface area contributed by atoms with Crippen LogP contribution in [0.15, 0.2) is 0 Å². The number of aliphatic carboxylic acids is 1. The number of hydrogen-bond acceptors (Lipinski definition) is 5. The summed E-state index contributed by atoms with van der Waals surface area (Å²) in [6, 6.07) is -0.482. The molecular formula is C18H38N2O4. The van der Waals surface area contributed by atoms with Crippen LogP contribution < -0.4 is 5.73 Å². The highest BCUT2D eigenvalue weighted by Crippen LogP contribution is 2.12. The van der Waals surface area contributed by atoms with Gasteiger partial charge in [-0.2, -0.15) is 0 Å². The molecule has 5 N–H and O–H groups in total. The summed E-state index contributed by atoms with van der Waals surface area (Å²) in [6.45, 7) is 2.48. The molecule has 0 rings (SSSR count). The number of nitrogens with zero attached hydrogens (tertiary/aromatic N) is 1. The fourth-order valence-corrected chi connectivity index (χ4v) is 2.87. The van der Waals surface area contributed by atoms with Crippen LogP contribution in [0.25, 0.3) is 0 Å². The molecule has 0 aliphatic rings. The number of nitrogens with two attached hydrogens (primary N) is 1. The van der Waals surface area contributed by atoms with E-state index in [-0.39, 0.29) is 26.2 Å². The van der Waals surface area contributed by atoms with E-state index in [1.54, 1.807) is 4.90 Å². The SMILES string of the molecule is CCCCCCCCCCCC(O)C(N)CN(CCO)CC(=O)O. The van der Waals surface area contributed by atoms with Crippen molar-refractivity contribution in [3.63, 3.8) is 0 Å². The topological polar surface area (TPSA) is 107 Å². The Bertz CT molecular complexity index is 303. The molecule has 0 aromatic heterocycles. The van der Waals surface area contributed by atoms with Crippen LogP contribution in [0.1, 0.15) is 71.1 Å². The van der Waals surface area contributed by atoms with Gasteiger partial charge in [0, 0.05) is 19.1 Å². The molecule has 2 unspecified atom stereocenters. The van der Waals surface area contributed by atoms with Crippen LogP contribution in [0.2, 0.25) is 0 Å². The summed E-state index contributed by atoms with van der Waals surface area (Å²) in [4.78, 5) is 12.3. The van der Waals surface area contributed by atoms with Crippen molar-refractivity contribution in [2.24, 2.45) is 5.73 Å². The standard InChI is InChI=1S/C18H38N2O4/c1-2-3-4-5-6-7-8-9-10-11-17(22)16(19)14-20(12-13-21)15-18(23)24/h16-17,21-22H,2-15,19H2,1H3,(H,23,24). The van der Waals surface area contributed by atoms with Crippen molar-refractivity contribution in [2.75, 3.05) is 26.2 Å². The van der Waals surface area contributed by atoms with E-state index in [2.05, 4.69) is 6.92 Å². The van der Waals surface area contributed by atoms with E-state index in [0.29, 0.717) is 6.42 Å². The number of unbranched alkanes of at least 4 members (excludes halogenated alkanes) is 8. The van der Waals surface area contributed by atoms with E-state index in [1.165, 1.54) is 44.9 Å². The normalized spacial score (nSPS) is 14.0. The van der Waals surface area contributed by atoms with Crippen LogP contribution >= 0.6 is 0 Å². The molecular weight excluding hydrogens is 308 g/mol. The fraction of sp³-hybridized carbons (Fsp3) is 0.944. The fourth-order valence-electron chi connectivity index (χ4n) is 2.87. The summed E-state index contributed by atoms with van der Waals surface area (Å²) in [7, 11) is 0. The molecule has 6 nitrogen and oxygen atoms in total. The minimum absolute atomic E-state index is 0.117. The third-order valence-corrected chi connectivity index (χ3v) is 4.34. The molecule has 0 aromatic rings. The zero-order valence-corrected chi connectivity index (χ0v) is 15.3. The van der Waals surface area contributed by atoms with Crippen molar-refractivity contribution >= 4 is 5.97 Å². The molecule has 0 aliphatic heterocycles. The van der Waals surface area contributed by atoms with Gasteiger partial charge in [-0.15, -0.1) is 0 Å². The van der Waals surface area contributed by atoms with Gasteiger partial charge in [0.05, 0.1) is 19.3 Å². The number of carbonyl (C=O) groups is 1. The highest BCUT2D eigenvalue weighted by molar-refractivity contribution is 5.69. The quantitative estimate of drug-likeness (QED) is 0.300. The average Bonchev–Trinajstić information content (AvgIpc) is 2.52. The Kier molecular flexibility index (Phi) is 15.4. The minimum Gasteiger partial charge on any atom is -0.480 e. The number of carboxylic acid groups (broad SMARTS) is 1. The monoisotopic (exact) mass is 346 g/mol. The maximum Gasteiger partial charge on any atom is 0.317 e. The second-order valence-corrected chi connectivity index (χ2v) is 6.70. The van der Waals surface area contributed by atoms with Crippen LogP contribution in [-0.2, 0) is 4.79 Å². The lowest BCUT2D eigenvalue weighted by molar-refractivity contribution is -0.138. The summed E-state index contributed by atoms with van der Waals surface area (Å²) in [5.74, 6) is -0.955. The molecule has 0 radical (unpaired) electrons. The molecule has 0 heterocycles. The van der Waals surface area contributed by atoms with Crippen molar-refractivity contribution in [1.29, 1.82) is 0 Å². The van der Waals surface area contributed by atoms with E-state index in [0.717, 1.165) is 12.8 Å². The third kappa shape index (κ3) is 13.7. The average molecular weight is 347 g/mol. The Balaban J connectivity index is 3.73. The molecule has 0 aromatic carbocycles. The van der Waals surface area contributed by atoms with Crippen LogP contribution in [-0.4, -0.2) is 64.6 Å². The zero-order chi connectivity index (χ0) is 18.2. The van der Waals surface area contributed by atoms with Crippen molar-refractivity contribution in [3.8, 4) is 0 Å². The Morgan fingerprint density at radius 2 is 1.58 bits per heavy atom. The van der Waals surface area contributed by atoms with Crippen LogP contribution in [0, 0.1) is 0 Å². The predicted octanol–water partition coefficient (Wildman–Crippen LogP) is 1.97. The van der Waals surface area contributed by atoms with Gasteiger partial charge < -0.3 is 21.1 Å². The first-order chi connectivity index (χ1) is 11.5. The highest BCUT2D eigenvalue weighted by Gasteiger charge is 2.19. The lowest BCUT2D eigenvalue weighted by Crippen LogP contribution is -2.47. The van der Waals surface area contributed by atoms with Crippen molar-refractivity contribution in [3.05, 3.63) is 0 Å². The number of hydrogen-bond donors (Lipinski definition) is 4. The zero-order valence-electron chi connectivity index (χ0n) is 15.3. The second-order valence-electron chi connectivity index (χ2n) is 6.70. The van der Waals surface area contributed by atoms with Gasteiger partial charge in [-0.25, -0.2) is 0 Å². The van der Waals surface area contributed by atoms with Crippen molar-refractivity contribution < 1.29 is 20.1 Å². The Hall–Kier alpha value is -0.690. The van der Waals surface area contributed by atoms with E-state index in [1.807, 2.05) is 0 Å². The molecule has 144 valence electrons. The van der Waals surface area contributed by atoms with Crippen LogP contribution in [0.4, 0.5) is 0 Å². The van der Waals surface area contributed by atoms with Gasteiger partial charge in [-0.05, 0) is 6.42 Å². The predicted molar refractivity (Wildman–Crippen MR) is 97.0 cm³/mol. The van der Waals surface area contributed by atoms with E-state index >= 15 is 0 Å². The van der Waals surface area contributed by atoms with Gasteiger partial charge in [0.25, 0.3) is 0 Å². The first-order valence-electron chi connectivity index (χ1n) is 9.49. The van der Waals surface area contributed by atoms with Gasteiger partial charge in [-0.3, -0.25) is 9.69 Å². The molecule has 24 heavy (non-hydrogen) atoms. The maximum absolute atomic E-state index is 10.8. The summed E-state index contributed by atoms with van der Waals surface area (Å²) >= 11 is 0. The van der Waals surface area contributed by atoms with Crippen molar-refractivity contribution in [2.45, 2.75) is 83.3 Å². The molecule has 2 atom stereocenters. The lowest BCUT2D eigenvalue weighted by atomic mass is 10.0. The largest absolute Gasteiger partial charge is 0.480 e. The Morgan fingerprint density at radius 3 is 2.08 bits per heavy atom. The minimum atomic E-state index is -0.955. The van der Waals surface area contributed by atoms with Gasteiger partial charge in [0.15, 0.2) is 0 Å². The highest BCUT2D eigenvalue weighted by atomic mass is 16.4. The molecule has 0 saturated carbocycles. The second kappa shape index (κ2) is 15.8. The van der Waals surface area contributed by atoms with E-state index in [9.17, 15) is 9.90 Å². The summed E-state index contributed by atoms with van der Waals surface area (Å²) in [5, 5.41) is 27.9. The lowest BCUT2D eigenvalue weighted by Gasteiger charge is -2.26. The van der Waals surface area contributed by atoms with Gasteiger partial charge in [-0.1, -0.05) is 64.7 Å². The molecule has 6 heteroatoms. The number of aliphatic hydroxyl groups is 2. The molecule has 0 fully saturated rings. The first-order valence-corrected chi connectivity index (χ1v) is 9.49. The summed E-state index contributed by atoms with van der Waals surface area (Å²) in [5.41, 5.74) is 5.97.